The minimum atomic E-state index is -0.213. The molecule has 22 heavy (non-hydrogen) atoms. The summed E-state index contributed by atoms with van der Waals surface area (Å²) in [6.07, 6.45) is 7.22. The van der Waals surface area contributed by atoms with Gasteiger partial charge in [0.05, 0.1) is 12.3 Å². The molecule has 1 aromatic rings. The zero-order valence-electron chi connectivity index (χ0n) is 14.2. The molecule has 0 amide bonds. The van der Waals surface area contributed by atoms with E-state index in [1.807, 2.05) is 13.8 Å². The van der Waals surface area contributed by atoms with Gasteiger partial charge in [-0.3, -0.25) is 4.79 Å². The molecule has 0 saturated heterocycles. The molecule has 1 heterocycles. The fraction of sp³-hybridized carbons (Fsp3) is 0.765. The van der Waals surface area contributed by atoms with Gasteiger partial charge in [0.2, 0.25) is 0 Å². The van der Waals surface area contributed by atoms with Crippen molar-refractivity contribution in [2.24, 2.45) is 0 Å². The number of aromatic nitrogens is 2. The quantitative estimate of drug-likeness (QED) is 0.573. The monoisotopic (exact) mass is 324 g/mol. The van der Waals surface area contributed by atoms with Gasteiger partial charge in [-0.25, -0.2) is 4.98 Å². The van der Waals surface area contributed by atoms with Gasteiger partial charge < -0.3 is 9.30 Å². The first kappa shape index (κ1) is 17.4. The van der Waals surface area contributed by atoms with Crippen LogP contribution in [0.4, 0.5) is 0 Å². The summed E-state index contributed by atoms with van der Waals surface area (Å²) < 4.78 is 7.61. The molecule has 1 atom stereocenters. The van der Waals surface area contributed by atoms with Crippen LogP contribution in [0.5, 0.6) is 0 Å². The number of nitrogens with zero attached hydrogens (tertiary/aromatic N) is 2. The predicted molar refractivity (Wildman–Crippen MR) is 90.4 cm³/mol. The molecule has 4 nitrogen and oxygen atoms in total. The number of thioether (sulfide) groups is 1. The molecule has 1 unspecified atom stereocenters. The molecule has 1 saturated carbocycles. The molecule has 0 N–H and O–H groups in total. The van der Waals surface area contributed by atoms with Crippen molar-refractivity contribution in [3.05, 3.63) is 11.4 Å². The lowest BCUT2D eigenvalue weighted by Gasteiger charge is -2.26. The number of ether oxygens (including phenoxy) is 1. The summed E-state index contributed by atoms with van der Waals surface area (Å²) in [5.74, 6) is -0.139. The highest BCUT2D eigenvalue weighted by atomic mass is 32.2. The van der Waals surface area contributed by atoms with E-state index in [0.29, 0.717) is 12.6 Å². The molecule has 2 rings (SSSR count). The highest BCUT2D eigenvalue weighted by Gasteiger charge is 2.25. The minimum absolute atomic E-state index is 0.139. The maximum atomic E-state index is 12.0. The Hall–Kier alpha value is -0.970. The van der Waals surface area contributed by atoms with Crippen LogP contribution < -0.4 is 0 Å². The molecular weight excluding hydrogens is 296 g/mol. The van der Waals surface area contributed by atoms with Crippen LogP contribution >= 0.6 is 11.8 Å². The third-order valence-corrected chi connectivity index (χ3v) is 5.40. The van der Waals surface area contributed by atoms with Gasteiger partial charge in [0.25, 0.3) is 0 Å². The molecule has 0 aromatic carbocycles. The molecule has 0 aliphatic heterocycles. The summed E-state index contributed by atoms with van der Waals surface area (Å²) in [6.45, 7) is 8.61. The number of rotatable bonds is 6. The molecular formula is C17H28N2O2S. The summed E-state index contributed by atoms with van der Waals surface area (Å²) in [7, 11) is 0. The number of carbonyl (C=O) groups is 1. The Labute approximate surface area is 138 Å². The van der Waals surface area contributed by atoms with Gasteiger partial charge in [-0.15, -0.1) is 0 Å². The summed E-state index contributed by atoms with van der Waals surface area (Å²) >= 11 is 1.53. The molecule has 5 heteroatoms. The van der Waals surface area contributed by atoms with Crippen LogP contribution in [0.3, 0.4) is 0 Å². The number of imidazole rings is 1. The van der Waals surface area contributed by atoms with Crippen molar-refractivity contribution in [1.82, 2.24) is 9.55 Å². The van der Waals surface area contributed by atoms with E-state index in [9.17, 15) is 4.79 Å². The minimum Gasteiger partial charge on any atom is -0.465 e. The lowest BCUT2D eigenvalue weighted by molar-refractivity contribution is -0.142. The van der Waals surface area contributed by atoms with Crippen molar-refractivity contribution in [2.45, 2.75) is 82.7 Å². The van der Waals surface area contributed by atoms with Gasteiger partial charge in [-0.2, -0.15) is 0 Å². The topological polar surface area (TPSA) is 44.1 Å². The average molecular weight is 324 g/mol. The van der Waals surface area contributed by atoms with Crippen molar-refractivity contribution in [3.8, 4) is 0 Å². The van der Waals surface area contributed by atoms with Crippen molar-refractivity contribution >= 4 is 17.7 Å². The highest BCUT2D eigenvalue weighted by molar-refractivity contribution is 8.00. The van der Waals surface area contributed by atoms with Gasteiger partial charge in [-0.1, -0.05) is 37.9 Å². The van der Waals surface area contributed by atoms with Gasteiger partial charge in [0, 0.05) is 11.7 Å². The lowest BCUT2D eigenvalue weighted by atomic mass is 9.95. The Morgan fingerprint density at radius 1 is 1.36 bits per heavy atom. The highest BCUT2D eigenvalue weighted by Crippen LogP contribution is 2.35. The Morgan fingerprint density at radius 2 is 2.05 bits per heavy atom. The molecule has 124 valence electrons. The van der Waals surface area contributed by atoms with E-state index < -0.39 is 0 Å². The first-order chi connectivity index (χ1) is 10.5. The number of hydrogen-bond donors (Lipinski definition) is 0. The number of esters is 1. The Balaban J connectivity index is 2.13. The Bertz CT molecular complexity index is 507. The fourth-order valence-electron chi connectivity index (χ4n) is 2.97. The molecule has 1 aliphatic carbocycles. The Kier molecular flexibility index (Phi) is 6.36. The number of hydrogen-bond acceptors (Lipinski definition) is 4. The zero-order valence-corrected chi connectivity index (χ0v) is 15.0. The lowest BCUT2D eigenvalue weighted by Crippen LogP contribution is -2.20. The SMILES string of the molecule is CCCOC(=O)C(C)Sc1nc(C)c(C)n1C1CCCCC1. The van der Waals surface area contributed by atoms with E-state index in [0.717, 1.165) is 17.3 Å². The van der Waals surface area contributed by atoms with Crippen molar-refractivity contribution in [1.29, 1.82) is 0 Å². The maximum Gasteiger partial charge on any atom is 0.319 e. The largest absolute Gasteiger partial charge is 0.465 e. The van der Waals surface area contributed by atoms with E-state index in [1.54, 1.807) is 0 Å². The van der Waals surface area contributed by atoms with Gasteiger partial charge in [-0.05, 0) is 40.0 Å². The van der Waals surface area contributed by atoms with Gasteiger partial charge in [0.15, 0.2) is 5.16 Å². The van der Waals surface area contributed by atoms with E-state index in [1.165, 1.54) is 49.6 Å². The molecule has 0 spiro atoms. The van der Waals surface area contributed by atoms with Crippen LogP contribution in [0.2, 0.25) is 0 Å². The molecule has 1 fully saturated rings. The van der Waals surface area contributed by atoms with E-state index in [2.05, 4.69) is 18.4 Å². The average Bonchev–Trinajstić information content (AvgIpc) is 2.80. The van der Waals surface area contributed by atoms with E-state index in [4.69, 9.17) is 9.72 Å². The number of aryl methyl sites for hydroxylation is 1. The smallest absolute Gasteiger partial charge is 0.319 e. The van der Waals surface area contributed by atoms with Gasteiger partial charge in [0.1, 0.15) is 5.25 Å². The van der Waals surface area contributed by atoms with Crippen LogP contribution in [0, 0.1) is 13.8 Å². The van der Waals surface area contributed by atoms with Crippen molar-refractivity contribution < 1.29 is 9.53 Å². The van der Waals surface area contributed by atoms with Crippen LogP contribution in [-0.4, -0.2) is 27.4 Å². The first-order valence-electron chi connectivity index (χ1n) is 8.43. The summed E-state index contributed by atoms with van der Waals surface area (Å²) in [4.78, 5) is 16.7. The molecule has 0 bridgehead atoms. The maximum absolute atomic E-state index is 12.0. The van der Waals surface area contributed by atoms with E-state index in [-0.39, 0.29) is 11.2 Å². The summed E-state index contributed by atoms with van der Waals surface area (Å²) in [6, 6.07) is 0.538. The number of carbonyl (C=O) groups excluding carboxylic acids is 1. The zero-order chi connectivity index (χ0) is 16.1. The second-order valence-corrected chi connectivity index (χ2v) is 7.46. The van der Waals surface area contributed by atoms with Crippen LogP contribution in [-0.2, 0) is 9.53 Å². The third-order valence-electron chi connectivity index (χ3n) is 4.36. The summed E-state index contributed by atoms with van der Waals surface area (Å²) in [5.41, 5.74) is 2.31. The van der Waals surface area contributed by atoms with Crippen molar-refractivity contribution in [2.75, 3.05) is 6.61 Å². The first-order valence-corrected chi connectivity index (χ1v) is 9.31. The van der Waals surface area contributed by atoms with Crippen LogP contribution in [0.25, 0.3) is 0 Å². The predicted octanol–water partition coefficient (Wildman–Crippen LogP) is 4.44. The van der Waals surface area contributed by atoms with Crippen LogP contribution in [0.1, 0.15) is 69.8 Å². The Morgan fingerprint density at radius 3 is 2.68 bits per heavy atom. The second-order valence-electron chi connectivity index (χ2n) is 6.15. The fourth-order valence-corrected chi connectivity index (χ4v) is 4.04. The summed E-state index contributed by atoms with van der Waals surface area (Å²) in [5, 5.41) is 0.762. The normalized spacial score (nSPS) is 17.5. The van der Waals surface area contributed by atoms with Crippen molar-refractivity contribution in [3.63, 3.8) is 0 Å². The second kappa shape index (κ2) is 8.04. The standard InChI is InChI=1S/C17H28N2O2S/c1-5-11-21-16(20)14(4)22-17-18-12(2)13(3)19(17)15-9-7-6-8-10-15/h14-15H,5-11H2,1-4H3. The molecule has 1 aromatic heterocycles. The molecule has 0 radical (unpaired) electrons. The van der Waals surface area contributed by atoms with Crippen LogP contribution in [0.15, 0.2) is 5.16 Å². The third kappa shape index (κ3) is 4.06. The van der Waals surface area contributed by atoms with E-state index >= 15 is 0 Å². The molecule has 1 aliphatic rings. The van der Waals surface area contributed by atoms with Gasteiger partial charge >= 0.3 is 5.97 Å².